The van der Waals surface area contributed by atoms with Gasteiger partial charge in [0.05, 0.1) is 22.0 Å². The minimum absolute atomic E-state index is 0. The monoisotopic (exact) mass is 688 g/mol. The van der Waals surface area contributed by atoms with Crippen molar-refractivity contribution in [2.45, 2.75) is 63.6 Å². The number of halogens is 1. The first-order chi connectivity index (χ1) is 21.2. The first-order valence-electron chi connectivity index (χ1n) is 14.2. The van der Waals surface area contributed by atoms with Crippen LogP contribution < -0.4 is 14.8 Å². The third-order valence-electron chi connectivity index (χ3n) is 6.77. The van der Waals surface area contributed by atoms with Gasteiger partial charge in [0.1, 0.15) is 23.1 Å². The molecule has 13 heteroatoms. The fourth-order valence-electron chi connectivity index (χ4n) is 4.19. The Hall–Kier alpha value is -3.97. The first kappa shape index (κ1) is 36.5. The lowest BCUT2D eigenvalue weighted by atomic mass is 9.93. The summed E-state index contributed by atoms with van der Waals surface area (Å²) in [5.41, 5.74) is 2.24. The second-order valence-corrected chi connectivity index (χ2v) is 14.9. The Labute approximate surface area is 277 Å². The van der Waals surface area contributed by atoms with Gasteiger partial charge in [0, 0.05) is 21.4 Å². The molecule has 1 unspecified atom stereocenters. The molecule has 3 aromatic carbocycles. The van der Waals surface area contributed by atoms with Crippen LogP contribution in [0, 0.1) is 0 Å². The molecule has 0 saturated carbocycles. The summed E-state index contributed by atoms with van der Waals surface area (Å²) < 4.78 is 37.0. The summed E-state index contributed by atoms with van der Waals surface area (Å²) in [7, 11) is -3.51. The second kappa shape index (κ2) is 15.5. The zero-order valence-electron chi connectivity index (χ0n) is 25.9. The van der Waals surface area contributed by atoms with Crippen LogP contribution in [-0.4, -0.2) is 47.7 Å². The predicted molar refractivity (Wildman–Crippen MR) is 179 cm³/mol. The van der Waals surface area contributed by atoms with Crippen molar-refractivity contribution in [3.8, 4) is 11.5 Å². The average Bonchev–Trinajstić information content (AvgIpc) is 3.48. The van der Waals surface area contributed by atoms with E-state index in [0.717, 1.165) is 16.3 Å². The predicted octanol–water partition coefficient (Wildman–Crippen LogP) is 6.36. The number of rotatable bonds is 13. The molecule has 0 aliphatic heterocycles. The lowest BCUT2D eigenvalue weighted by Crippen LogP contribution is -2.24. The number of nitrogens with one attached hydrogen (secondary N) is 1. The van der Waals surface area contributed by atoms with Crippen molar-refractivity contribution in [1.29, 1.82) is 0 Å². The molecule has 0 saturated heterocycles. The largest absolute Gasteiger partial charge is 0.486 e. The Bertz CT molecular complexity index is 1770. The molecule has 10 nitrogen and oxygen atoms in total. The number of carbonyl (C=O) groups excluding carboxylic acids is 1. The zero-order chi connectivity index (χ0) is 32.8. The number of ether oxygens (including phenoxy) is 2. The standard InChI is InChI=1S/C33H35ClN2O7S2.H2O/c1-21(32(38)39)43-28-15-10-22(7-6-16-45(40,41)26-13-11-24(34)12-14-26)17-27(28)35-31(37)23-8-5-9-25(18-23)42-19-30-36-29(20-44-30)33(2,3)4;/h5,8-15,17-18,20-21H,6-7,16,19H2,1-4H3,(H,35,37)(H,38,39);1H2. The van der Waals surface area contributed by atoms with Crippen LogP contribution in [0.2, 0.25) is 5.02 Å². The Kier molecular flexibility index (Phi) is 12.3. The van der Waals surface area contributed by atoms with Gasteiger partial charge in [-0.1, -0.05) is 44.5 Å². The van der Waals surface area contributed by atoms with Gasteiger partial charge in [-0.3, -0.25) is 4.79 Å². The number of carbonyl (C=O) groups is 2. The first-order valence-corrected chi connectivity index (χ1v) is 17.1. The van der Waals surface area contributed by atoms with Gasteiger partial charge < -0.3 is 25.4 Å². The summed E-state index contributed by atoms with van der Waals surface area (Å²) in [6.45, 7) is 7.92. The average molecular weight is 689 g/mol. The summed E-state index contributed by atoms with van der Waals surface area (Å²) in [6, 6.07) is 17.7. The van der Waals surface area contributed by atoms with Gasteiger partial charge in [-0.2, -0.15) is 0 Å². The van der Waals surface area contributed by atoms with E-state index in [4.69, 9.17) is 21.1 Å². The molecule has 0 spiro atoms. The van der Waals surface area contributed by atoms with Crippen LogP contribution in [0.1, 0.15) is 60.7 Å². The Morgan fingerprint density at radius 2 is 1.78 bits per heavy atom. The van der Waals surface area contributed by atoms with Gasteiger partial charge in [-0.25, -0.2) is 18.2 Å². The molecule has 1 atom stereocenters. The third-order valence-corrected chi connectivity index (χ3v) is 9.66. The smallest absolute Gasteiger partial charge is 0.344 e. The Morgan fingerprint density at radius 3 is 2.43 bits per heavy atom. The van der Waals surface area contributed by atoms with E-state index in [1.54, 1.807) is 42.5 Å². The number of benzene rings is 3. The van der Waals surface area contributed by atoms with Gasteiger partial charge in [-0.15, -0.1) is 11.3 Å². The highest BCUT2D eigenvalue weighted by Gasteiger charge is 2.20. The van der Waals surface area contributed by atoms with Gasteiger partial charge in [0.25, 0.3) is 5.91 Å². The molecule has 1 amide bonds. The van der Waals surface area contributed by atoms with Crippen molar-refractivity contribution in [2.24, 2.45) is 0 Å². The van der Waals surface area contributed by atoms with Crippen LogP contribution in [0.4, 0.5) is 5.69 Å². The quantitative estimate of drug-likeness (QED) is 0.164. The molecule has 1 aromatic heterocycles. The van der Waals surface area contributed by atoms with Gasteiger partial charge in [-0.05, 0) is 79.9 Å². The number of amides is 1. The van der Waals surface area contributed by atoms with Crippen LogP contribution in [0.3, 0.4) is 0 Å². The number of aryl methyl sites for hydroxylation is 1. The topological polar surface area (TPSA) is 163 Å². The fraction of sp³-hybridized carbons (Fsp3) is 0.303. The fourth-order valence-corrected chi connectivity index (χ4v) is 6.56. The number of nitrogens with zero attached hydrogens (tertiary/aromatic N) is 1. The van der Waals surface area contributed by atoms with Gasteiger partial charge in [0.15, 0.2) is 15.9 Å². The molecule has 46 heavy (non-hydrogen) atoms. The molecular weight excluding hydrogens is 652 g/mol. The number of sulfone groups is 1. The number of aliphatic carboxylic acids is 1. The maximum Gasteiger partial charge on any atom is 0.344 e. The normalized spacial score (nSPS) is 12.1. The van der Waals surface area contributed by atoms with Crippen molar-refractivity contribution in [1.82, 2.24) is 4.98 Å². The van der Waals surface area contributed by atoms with Crippen LogP contribution in [-0.2, 0) is 33.1 Å². The molecule has 0 aliphatic carbocycles. The summed E-state index contributed by atoms with van der Waals surface area (Å²) in [5, 5.41) is 15.5. The maximum atomic E-state index is 13.3. The summed E-state index contributed by atoms with van der Waals surface area (Å²) in [6.07, 6.45) is -0.459. The highest BCUT2D eigenvalue weighted by atomic mass is 35.5. The molecule has 0 fully saturated rings. The van der Waals surface area contributed by atoms with Crippen molar-refractivity contribution >= 4 is 50.3 Å². The summed E-state index contributed by atoms with van der Waals surface area (Å²) in [5.74, 6) is -1.05. The number of hydrogen-bond donors (Lipinski definition) is 2. The minimum atomic E-state index is -3.51. The number of carboxylic acids is 1. The zero-order valence-corrected chi connectivity index (χ0v) is 28.3. The number of thiazole rings is 1. The van der Waals surface area contributed by atoms with E-state index in [1.165, 1.54) is 42.5 Å². The summed E-state index contributed by atoms with van der Waals surface area (Å²) >= 11 is 7.39. The van der Waals surface area contributed by atoms with Gasteiger partial charge in [0.2, 0.25) is 0 Å². The number of aromatic nitrogens is 1. The van der Waals surface area contributed by atoms with Crippen molar-refractivity contribution in [3.63, 3.8) is 0 Å². The third kappa shape index (κ3) is 10.0. The lowest BCUT2D eigenvalue weighted by molar-refractivity contribution is -0.144. The summed E-state index contributed by atoms with van der Waals surface area (Å²) in [4.78, 5) is 29.6. The number of carboxylic acid groups (broad SMARTS) is 1. The van der Waals surface area contributed by atoms with Crippen LogP contribution in [0.5, 0.6) is 11.5 Å². The van der Waals surface area contributed by atoms with Crippen molar-refractivity contribution in [3.05, 3.63) is 99.0 Å². The van der Waals surface area contributed by atoms with Gasteiger partial charge >= 0.3 is 5.97 Å². The lowest BCUT2D eigenvalue weighted by Gasteiger charge is -2.17. The molecule has 0 aliphatic rings. The molecule has 246 valence electrons. The molecule has 0 bridgehead atoms. The van der Waals surface area contributed by atoms with Crippen LogP contribution in [0.25, 0.3) is 0 Å². The number of hydrogen-bond acceptors (Lipinski definition) is 8. The van der Waals surface area contributed by atoms with E-state index < -0.39 is 27.8 Å². The van der Waals surface area contributed by atoms with E-state index in [1.807, 2.05) is 5.38 Å². The Morgan fingerprint density at radius 1 is 1.07 bits per heavy atom. The molecular formula is C33H37ClN2O8S2. The van der Waals surface area contributed by atoms with E-state index in [9.17, 15) is 23.1 Å². The SMILES string of the molecule is CC(Oc1ccc(CCCS(=O)(=O)c2ccc(Cl)cc2)cc1NC(=O)c1cccc(OCc2nc(C(C)(C)C)cs2)c1)C(=O)O.O. The van der Waals surface area contributed by atoms with E-state index in [-0.39, 0.29) is 39.6 Å². The number of anilines is 1. The Balaban J connectivity index is 0.00000576. The van der Waals surface area contributed by atoms with E-state index in [0.29, 0.717) is 29.2 Å². The highest BCUT2D eigenvalue weighted by molar-refractivity contribution is 7.91. The molecule has 4 N–H and O–H groups in total. The van der Waals surface area contributed by atoms with E-state index >= 15 is 0 Å². The molecule has 1 heterocycles. The van der Waals surface area contributed by atoms with Crippen molar-refractivity contribution < 1.29 is 38.1 Å². The van der Waals surface area contributed by atoms with Crippen molar-refractivity contribution in [2.75, 3.05) is 11.1 Å². The van der Waals surface area contributed by atoms with Crippen LogP contribution in [0.15, 0.2) is 77.0 Å². The minimum Gasteiger partial charge on any atom is -0.486 e. The molecule has 4 aromatic rings. The molecule has 4 rings (SSSR count). The second-order valence-electron chi connectivity index (χ2n) is 11.5. The van der Waals surface area contributed by atoms with E-state index in [2.05, 4.69) is 31.1 Å². The maximum absolute atomic E-state index is 13.3. The highest BCUT2D eigenvalue weighted by Crippen LogP contribution is 2.29. The molecule has 0 radical (unpaired) electrons. The van der Waals surface area contributed by atoms with Crippen LogP contribution >= 0.6 is 22.9 Å².